The normalized spacial score (nSPS) is 12.7. The SMILES string of the molecule is CC(C)c1nc(COc2ccc(Cl)cc2[C@H](C)N)no1. The van der Waals surface area contributed by atoms with Gasteiger partial charge in [0, 0.05) is 22.5 Å². The fraction of sp³-hybridized carbons (Fsp3) is 0.429. The molecule has 6 heteroatoms. The van der Waals surface area contributed by atoms with Crippen molar-refractivity contribution in [1.29, 1.82) is 0 Å². The average molecular weight is 296 g/mol. The number of nitrogens with two attached hydrogens (primary N) is 1. The first-order valence-corrected chi connectivity index (χ1v) is 6.85. The van der Waals surface area contributed by atoms with E-state index in [2.05, 4.69) is 10.1 Å². The maximum absolute atomic E-state index is 5.97. The molecule has 1 atom stereocenters. The van der Waals surface area contributed by atoms with Gasteiger partial charge >= 0.3 is 0 Å². The molecule has 1 heterocycles. The van der Waals surface area contributed by atoms with Crippen LogP contribution in [0.2, 0.25) is 5.02 Å². The van der Waals surface area contributed by atoms with E-state index in [1.807, 2.05) is 20.8 Å². The van der Waals surface area contributed by atoms with Crippen molar-refractivity contribution in [3.63, 3.8) is 0 Å². The van der Waals surface area contributed by atoms with Gasteiger partial charge < -0.3 is 15.0 Å². The highest BCUT2D eigenvalue weighted by Gasteiger charge is 2.13. The van der Waals surface area contributed by atoms with Crippen LogP contribution in [0.5, 0.6) is 5.75 Å². The molecule has 2 N–H and O–H groups in total. The van der Waals surface area contributed by atoms with E-state index in [1.165, 1.54) is 0 Å². The molecule has 0 saturated carbocycles. The fourth-order valence-electron chi connectivity index (χ4n) is 1.71. The zero-order valence-electron chi connectivity index (χ0n) is 11.8. The number of hydrogen-bond acceptors (Lipinski definition) is 5. The van der Waals surface area contributed by atoms with Gasteiger partial charge in [0.2, 0.25) is 11.7 Å². The van der Waals surface area contributed by atoms with E-state index in [1.54, 1.807) is 18.2 Å². The lowest BCUT2D eigenvalue weighted by molar-refractivity contribution is 0.281. The van der Waals surface area contributed by atoms with Crippen molar-refractivity contribution in [3.05, 3.63) is 40.5 Å². The Balaban J connectivity index is 2.10. The number of nitrogens with zero attached hydrogens (tertiary/aromatic N) is 2. The highest BCUT2D eigenvalue weighted by molar-refractivity contribution is 6.30. The fourth-order valence-corrected chi connectivity index (χ4v) is 1.89. The molecule has 0 radical (unpaired) electrons. The molecule has 0 aliphatic heterocycles. The summed E-state index contributed by atoms with van der Waals surface area (Å²) in [6.07, 6.45) is 0. The molecule has 0 aliphatic carbocycles. The summed E-state index contributed by atoms with van der Waals surface area (Å²) in [6, 6.07) is 5.19. The molecule has 20 heavy (non-hydrogen) atoms. The van der Waals surface area contributed by atoms with E-state index in [0.29, 0.717) is 22.5 Å². The molecule has 2 rings (SSSR count). The monoisotopic (exact) mass is 295 g/mol. The maximum atomic E-state index is 5.97. The molecule has 5 nitrogen and oxygen atoms in total. The summed E-state index contributed by atoms with van der Waals surface area (Å²) in [6.45, 7) is 6.10. The summed E-state index contributed by atoms with van der Waals surface area (Å²) in [4.78, 5) is 4.26. The van der Waals surface area contributed by atoms with Crippen molar-refractivity contribution in [2.75, 3.05) is 0 Å². The van der Waals surface area contributed by atoms with Gasteiger partial charge in [-0.25, -0.2) is 0 Å². The largest absolute Gasteiger partial charge is 0.485 e. The van der Waals surface area contributed by atoms with Crippen LogP contribution >= 0.6 is 11.6 Å². The van der Waals surface area contributed by atoms with Gasteiger partial charge in [0.15, 0.2) is 6.61 Å². The minimum Gasteiger partial charge on any atom is -0.485 e. The molecule has 0 aliphatic rings. The Hall–Kier alpha value is -1.59. The number of ether oxygens (including phenoxy) is 1. The van der Waals surface area contributed by atoms with Gasteiger partial charge in [0.25, 0.3) is 0 Å². The lowest BCUT2D eigenvalue weighted by atomic mass is 10.1. The molecule has 0 fully saturated rings. The Morgan fingerprint density at radius 1 is 1.35 bits per heavy atom. The van der Waals surface area contributed by atoms with Gasteiger partial charge in [-0.1, -0.05) is 30.6 Å². The van der Waals surface area contributed by atoms with E-state index in [4.69, 9.17) is 26.6 Å². The van der Waals surface area contributed by atoms with Crippen LogP contribution in [0.25, 0.3) is 0 Å². The molecule has 0 amide bonds. The molecule has 1 aromatic heterocycles. The molecular weight excluding hydrogens is 278 g/mol. The lowest BCUT2D eigenvalue weighted by Crippen LogP contribution is -2.08. The number of hydrogen-bond donors (Lipinski definition) is 1. The first kappa shape index (κ1) is 14.8. The van der Waals surface area contributed by atoms with E-state index in [-0.39, 0.29) is 18.6 Å². The molecule has 108 valence electrons. The minimum atomic E-state index is -0.166. The van der Waals surface area contributed by atoms with Gasteiger partial charge in [-0.3, -0.25) is 0 Å². The van der Waals surface area contributed by atoms with Crippen LogP contribution in [0.4, 0.5) is 0 Å². The van der Waals surface area contributed by atoms with Crippen molar-refractivity contribution >= 4 is 11.6 Å². The van der Waals surface area contributed by atoms with Crippen molar-refractivity contribution in [2.24, 2.45) is 5.73 Å². The second-order valence-corrected chi connectivity index (χ2v) is 5.40. The number of halogens is 1. The lowest BCUT2D eigenvalue weighted by Gasteiger charge is -2.13. The first-order chi connectivity index (χ1) is 9.47. The summed E-state index contributed by atoms with van der Waals surface area (Å²) in [7, 11) is 0. The highest BCUT2D eigenvalue weighted by atomic mass is 35.5. The predicted octanol–water partition coefficient (Wildman–Crippen LogP) is 3.45. The van der Waals surface area contributed by atoms with Crippen LogP contribution in [-0.4, -0.2) is 10.1 Å². The summed E-state index contributed by atoms with van der Waals surface area (Å²) in [5.74, 6) is 2.00. The standard InChI is InChI=1S/C14H18ClN3O2/c1-8(2)14-17-13(18-20-14)7-19-12-5-4-10(15)6-11(12)9(3)16/h4-6,8-9H,7,16H2,1-3H3/t9-/m0/s1. The highest BCUT2D eigenvalue weighted by Crippen LogP contribution is 2.27. The Morgan fingerprint density at radius 2 is 2.10 bits per heavy atom. The van der Waals surface area contributed by atoms with Crippen molar-refractivity contribution in [1.82, 2.24) is 10.1 Å². The predicted molar refractivity (Wildman–Crippen MR) is 76.8 cm³/mol. The smallest absolute Gasteiger partial charge is 0.229 e. The Bertz CT molecular complexity index is 582. The Morgan fingerprint density at radius 3 is 2.70 bits per heavy atom. The van der Waals surface area contributed by atoms with Crippen LogP contribution < -0.4 is 10.5 Å². The average Bonchev–Trinajstić information content (AvgIpc) is 2.86. The van der Waals surface area contributed by atoms with Crippen LogP contribution in [0.1, 0.15) is 50.0 Å². The Kier molecular flexibility index (Phi) is 4.62. The molecule has 1 aromatic carbocycles. The molecule has 0 unspecified atom stereocenters. The molecule has 0 saturated heterocycles. The summed E-state index contributed by atoms with van der Waals surface area (Å²) < 4.78 is 10.8. The number of benzene rings is 1. The first-order valence-electron chi connectivity index (χ1n) is 6.47. The van der Waals surface area contributed by atoms with Crippen LogP contribution in [0.3, 0.4) is 0 Å². The van der Waals surface area contributed by atoms with E-state index < -0.39 is 0 Å². The van der Waals surface area contributed by atoms with Gasteiger partial charge in [-0.05, 0) is 25.1 Å². The van der Waals surface area contributed by atoms with E-state index in [9.17, 15) is 0 Å². The number of rotatable bonds is 5. The molecule has 0 bridgehead atoms. The van der Waals surface area contributed by atoms with Crippen molar-refractivity contribution in [2.45, 2.75) is 39.3 Å². The molecule has 2 aromatic rings. The quantitative estimate of drug-likeness (QED) is 0.914. The van der Waals surface area contributed by atoms with Crippen molar-refractivity contribution in [3.8, 4) is 5.75 Å². The summed E-state index contributed by atoms with van der Waals surface area (Å²) >= 11 is 5.97. The van der Waals surface area contributed by atoms with Crippen LogP contribution in [0, 0.1) is 0 Å². The van der Waals surface area contributed by atoms with Crippen LogP contribution in [0.15, 0.2) is 22.7 Å². The maximum Gasteiger partial charge on any atom is 0.229 e. The third kappa shape index (κ3) is 3.49. The number of aromatic nitrogens is 2. The van der Waals surface area contributed by atoms with Crippen LogP contribution in [-0.2, 0) is 6.61 Å². The van der Waals surface area contributed by atoms with Gasteiger partial charge in [0.05, 0.1) is 0 Å². The van der Waals surface area contributed by atoms with Gasteiger partial charge in [-0.15, -0.1) is 0 Å². The van der Waals surface area contributed by atoms with Gasteiger partial charge in [0.1, 0.15) is 5.75 Å². The minimum absolute atomic E-state index is 0.166. The second kappa shape index (κ2) is 6.24. The summed E-state index contributed by atoms with van der Waals surface area (Å²) in [5.41, 5.74) is 6.76. The third-order valence-electron chi connectivity index (χ3n) is 2.80. The second-order valence-electron chi connectivity index (χ2n) is 4.96. The molecule has 0 spiro atoms. The van der Waals surface area contributed by atoms with E-state index in [0.717, 1.165) is 5.56 Å². The van der Waals surface area contributed by atoms with E-state index >= 15 is 0 Å². The zero-order valence-corrected chi connectivity index (χ0v) is 12.5. The third-order valence-corrected chi connectivity index (χ3v) is 3.03. The van der Waals surface area contributed by atoms with Gasteiger partial charge in [-0.2, -0.15) is 4.98 Å². The Labute approximate surface area is 123 Å². The topological polar surface area (TPSA) is 74.2 Å². The zero-order chi connectivity index (χ0) is 14.7. The molecular formula is C14H18ClN3O2. The van der Waals surface area contributed by atoms with Crippen molar-refractivity contribution < 1.29 is 9.26 Å². The summed E-state index contributed by atoms with van der Waals surface area (Å²) in [5, 5.41) is 4.51.